The second kappa shape index (κ2) is 3.82. The highest BCUT2D eigenvalue weighted by atomic mass is 35.7. The fourth-order valence-electron chi connectivity index (χ4n) is 0.810. The normalized spacial score (nSPS) is 14.1. The third-order valence-electron chi connectivity index (χ3n) is 1.36. The molecule has 13 heavy (non-hydrogen) atoms. The van der Waals surface area contributed by atoms with Gasteiger partial charge >= 0.3 is 0 Å². The van der Waals surface area contributed by atoms with Crippen LogP contribution < -0.4 is 0 Å². The number of halogens is 3. The monoisotopic (exact) mass is 242 g/mol. The summed E-state index contributed by atoms with van der Waals surface area (Å²) in [6.07, 6.45) is 0. The lowest BCUT2D eigenvalue weighted by atomic mass is 10.2. The molecule has 0 spiro atoms. The quantitative estimate of drug-likeness (QED) is 0.748. The van der Waals surface area contributed by atoms with Crippen molar-refractivity contribution in [2.45, 2.75) is 5.50 Å². The van der Waals surface area contributed by atoms with Crippen LogP contribution in [-0.4, -0.2) is 8.42 Å². The SMILES string of the molecule is O=S(=O)(Cl)C(F)c1cccc(Cl)c1. The highest BCUT2D eigenvalue weighted by molar-refractivity contribution is 8.13. The topological polar surface area (TPSA) is 34.1 Å². The Morgan fingerprint density at radius 1 is 1.38 bits per heavy atom. The summed E-state index contributed by atoms with van der Waals surface area (Å²) in [6.45, 7) is 0. The maximum Gasteiger partial charge on any atom is 0.269 e. The molecular formula is C7H5Cl2FO2S. The van der Waals surface area contributed by atoms with Gasteiger partial charge in [-0.1, -0.05) is 23.7 Å². The molecule has 0 saturated carbocycles. The summed E-state index contributed by atoms with van der Waals surface area (Å²) in [5, 5.41) is 0.264. The number of rotatable bonds is 2. The first kappa shape index (κ1) is 10.8. The summed E-state index contributed by atoms with van der Waals surface area (Å²) < 4.78 is 34.2. The van der Waals surface area contributed by atoms with Crippen LogP contribution in [0.2, 0.25) is 5.02 Å². The van der Waals surface area contributed by atoms with E-state index in [1.165, 1.54) is 24.3 Å². The fraction of sp³-hybridized carbons (Fsp3) is 0.143. The fourth-order valence-corrected chi connectivity index (χ4v) is 1.79. The molecular weight excluding hydrogens is 238 g/mol. The minimum atomic E-state index is -4.23. The van der Waals surface area contributed by atoms with Gasteiger partial charge in [0, 0.05) is 21.3 Å². The molecule has 0 aliphatic rings. The predicted octanol–water partition coefficient (Wildman–Crippen LogP) is 2.88. The molecule has 0 aliphatic heterocycles. The van der Waals surface area contributed by atoms with Gasteiger partial charge in [-0.2, -0.15) is 0 Å². The van der Waals surface area contributed by atoms with E-state index in [1.54, 1.807) is 0 Å². The summed E-state index contributed by atoms with van der Waals surface area (Å²) >= 11 is 5.53. The lowest BCUT2D eigenvalue weighted by Gasteiger charge is -2.03. The van der Waals surface area contributed by atoms with E-state index in [4.69, 9.17) is 22.3 Å². The van der Waals surface area contributed by atoms with Crippen molar-refractivity contribution in [1.82, 2.24) is 0 Å². The number of hydrogen-bond donors (Lipinski definition) is 0. The first-order valence-electron chi connectivity index (χ1n) is 3.24. The summed E-state index contributed by atoms with van der Waals surface area (Å²) in [4.78, 5) is 0. The van der Waals surface area contributed by atoms with Crippen molar-refractivity contribution < 1.29 is 12.8 Å². The van der Waals surface area contributed by atoms with E-state index in [0.717, 1.165) is 0 Å². The van der Waals surface area contributed by atoms with Gasteiger partial charge in [-0.25, -0.2) is 12.8 Å². The van der Waals surface area contributed by atoms with Crippen LogP contribution in [-0.2, 0) is 9.05 Å². The molecule has 0 fully saturated rings. The lowest BCUT2D eigenvalue weighted by molar-refractivity contribution is 0.438. The zero-order chi connectivity index (χ0) is 10.1. The van der Waals surface area contributed by atoms with E-state index in [-0.39, 0.29) is 10.6 Å². The van der Waals surface area contributed by atoms with E-state index in [9.17, 15) is 12.8 Å². The zero-order valence-corrected chi connectivity index (χ0v) is 8.57. The lowest BCUT2D eigenvalue weighted by Crippen LogP contribution is -2.00. The smallest absolute Gasteiger partial charge is 0.223 e. The average Bonchev–Trinajstić information content (AvgIpc) is 2.01. The molecule has 0 amide bonds. The van der Waals surface area contributed by atoms with Gasteiger partial charge in [0.25, 0.3) is 9.05 Å². The molecule has 1 unspecified atom stereocenters. The van der Waals surface area contributed by atoms with Crippen LogP contribution in [0.1, 0.15) is 11.1 Å². The van der Waals surface area contributed by atoms with Gasteiger partial charge in [0.15, 0.2) is 0 Å². The van der Waals surface area contributed by atoms with Crippen LogP contribution in [0.4, 0.5) is 4.39 Å². The Labute approximate surface area is 84.7 Å². The van der Waals surface area contributed by atoms with Gasteiger partial charge in [0.05, 0.1) is 0 Å². The molecule has 0 aromatic heterocycles. The van der Waals surface area contributed by atoms with Crippen LogP contribution in [0, 0.1) is 0 Å². The standard InChI is InChI=1S/C7H5Cl2FO2S/c8-6-3-1-2-5(4-6)7(10)13(9,11)12/h1-4,7H. The predicted molar refractivity (Wildman–Crippen MR) is 50.1 cm³/mol. The van der Waals surface area contributed by atoms with Gasteiger partial charge in [0.2, 0.25) is 5.50 Å². The molecule has 0 heterocycles. The highest BCUT2D eigenvalue weighted by Crippen LogP contribution is 2.28. The van der Waals surface area contributed by atoms with E-state index < -0.39 is 14.6 Å². The molecule has 72 valence electrons. The maximum atomic E-state index is 13.0. The van der Waals surface area contributed by atoms with Gasteiger partial charge in [-0.15, -0.1) is 0 Å². The molecule has 2 nitrogen and oxygen atoms in total. The van der Waals surface area contributed by atoms with Crippen molar-refractivity contribution in [2.75, 3.05) is 0 Å². The Morgan fingerprint density at radius 2 is 2.00 bits per heavy atom. The van der Waals surface area contributed by atoms with Crippen molar-refractivity contribution in [3.8, 4) is 0 Å². The first-order valence-corrected chi connectivity index (χ1v) is 5.99. The minimum absolute atomic E-state index is 0.0671. The third-order valence-corrected chi connectivity index (χ3v) is 2.83. The molecule has 0 aliphatic carbocycles. The minimum Gasteiger partial charge on any atom is -0.223 e. The van der Waals surface area contributed by atoms with Crippen molar-refractivity contribution >= 4 is 31.3 Å². The van der Waals surface area contributed by atoms with E-state index >= 15 is 0 Å². The molecule has 1 aromatic carbocycles. The van der Waals surface area contributed by atoms with Crippen molar-refractivity contribution in [3.05, 3.63) is 34.9 Å². The zero-order valence-electron chi connectivity index (χ0n) is 6.25. The molecule has 0 N–H and O–H groups in total. The molecule has 0 saturated heterocycles. The maximum absolute atomic E-state index is 13.0. The average molecular weight is 243 g/mol. The second-order valence-corrected chi connectivity index (χ2v) is 5.44. The Morgan fingerprint density at radius 3 is 2.46 bits per heavy atom. The summed E-state index contributed by atoms with van der Waals surface area (Å²) in [6, 6.07) is 5.48. The Hall–Kier alpha value is -0.320. The van der Waals surface area contributed by atoms with Crippen molar-refractivity contribution in [3.63, 3.8) is 0 Å². The second-order valence-electron chi connectivity index (χ2n) is 2.35. The van der Waals surface area contributed by atoms with Crippen molar-refractivity contribution in [1.29, 1.82) is 0 Å². The van der Waals surface area contributed by atoms with Crippen LogP contribution in [0.15, 0.2) is 24.3 Å². The van der Waals surface area contributed by atoms with Gasteiger partial charge in [0.1, 0.15) is 0 Å². The van der Waals surface area contributed by atoms with Crippen LogP contribution in [0.25, 0.3) is 0 Å². The number of alkyl halides is 1. The van der Waals surface area contributed by atoms with Crippen LogP contribution >= 0.6 is 22.3 Å². The Kier molecular flexibility index (Phi) is 3.16. The highest BCUT2D eigenvalue weighted by Gasteiger charge is 2.24. The van der Waals surface area contributed by atoms with Gasteiger partial charge < -0.3 is 0 Å². The molecule has 0 radical (unpaired) electrons. The Bertz CT molecular complexity index is 405. The largest absolute Gasteiger partial charge is 0.269 e. The third kappa shape index (κ3) is 2.83. The molecule has 1 rings (SSSR count). The van der Waals surface area contributed by atoms with E-state index in [1.807, 2.05) is 0 Å². The molecule has 1 atom stereocenters. The van der Waals surface area contributed by atoms with Crippen LogP contribution in [0.3, 0.4) is 0 Å². The van der Waals surface area contributed by atoms with E-state index in [2.05, 4.69) is 0 Å². The van der Waals surface area contributed by atoms with Gasteiger partial charge in [-0.05, 0) is 12.1 Å². The molecule has 6 heteroatoms. The summed E-state index contributed by atoms with van der Waals surface area (Å²) in [7, 11) is 0.599. The summed E-state index contributed by atoms with van der Waals surface area (Å²) in [5.74, 6) is 0. The van der Waals surface area contributed by atoms with Crippen LogP contribution in [0.5, 0.6) is 0 Å². The Balaban J connectivity index is 3.10. The first-order chi connectivity index (χ1) is 5.91. The number of benzene rings is 1. The molecule has 0 bridgehead atoms. The number of hydrogen-bond acceptors (Lipinski definition) is 2. The van der Waals surface area contributed by atoms with E-state index in [0.29, 0.717) is 0 Å². The van der Waals surface area contributed by atoms with Crippen molar-refractivity contribution in [2.24, 2.45) is 0 Å². The summed E-state index contributed by atoms with van der Waals surface area (Å²) in [5.41, 5.74) is -2.30. The van der Waals surface area contributed by atoms with Gasteiger partial charge in [-0.3, -0.25) is 0 Å². The molecule has 1 aromatic rings.